The molecule has 4 nitrogen and oxygen atoms in total. The number of carbonyl (C=O) groups excluding carboxylic acids is 2. The maximum Gasteiger partial charge on any atom is 0.327 e. The van der Waals surface area contributed by atoms with Crippen molar-refractivity contribution in [3.63, 3.8) is 0 Å². The highest BCUT2D eigenvalue weighted by Gasteiger charge is 2.25. The molecule has 0 aromatic carbocycles. The molecule has 80 valence electrons. The summed E-state index contributed by atoms with van der Waals surface area (Å²) in [6.07, 6.45) is 2.05. The van der Waals surface area contributed by atoms with Crippen LogP contribution in [-0.4, -0.2) is 48.5 Å². The summed E-state index contributed by atoms with van der Waals surface area (Å²) in [6, 6.07) is 0. The normalized spacial score (nSPS) is 20.7. The maximum atomic E-state index is 10.9. The van der Waals surface area contributed by atoms with E-state index in [1.54, 1.807) is 11.8 Å². The minimum Gasteiger partial charge on any atom is -0.391 e. The van der Waals surface area contributed by atoms with E-state index in [9.17, 15) is 9.59 Å². The summed E-state index contributed by atoms with van der Waals surface area (Å²) < 4.78 is 4.43. The zero-order valence-electron chi connectivity index (χ0n) is 8.49. The zero-order valence-corrected chi connectivity index (χ0v) is 9.30. The van der Waals surface area contributed by atoms with Crippen molar-refractivity contribution < 1.29 is 14.3 Å². The molecule has 0 aromatic heterocycles. The van der Waals surface area contributed by atoms with Gasteiger partial charge in [0.15, 0.2) is 0 Å². The monoisotopic (exact) mass is 217 g/mol. The minimum atomic E-state index is -0.433. The second-order valence-corrected chi connectivity index (χ2v) is 4.49. The van der Waals surface area contributed by atoms with E-state index in [0.717, 1.165) is 12.3 Å². The van der Waals surface area contributed by atoms with E-state index in [4.69, 9.17) is 0 Å². The van der Waals surface area contributed by atoms with Gasteiger partial charge in [-0.1, -0.05) is 6.92 Å². The van der Waals surface area contributed by atoms with Crippen molar-refractivity contribution in [2.45, 2.75) is 6.92 Å². The number of hydrogen-bond acceptors (Lipinski definition) is 5. The fraction of sp³-hybridized carbons (Fsp3) is 0.778. The van der Waals surface area contributed by atoms with Crippen molar-refractivity contribution in [2.24, 2.45) is 5.92 Å². The van der Waals surface area contributed by atoms with Crippen molar-refractivity contribution in [1.29, 1.82) is 0 Å². The molecule has 1 atom stereocenters. The number of nitrogens with zero attached hydrogens (tertiary/aromatic N) is 1. The predicted molar refractivity (Wildman–Crippen MR) is 55.1 cm³/mol. The number of thioether (sulfide) groups is 1. The molecule has 0 aromatic rings. The molecule has 0 amide bonds. The van der Waals surface area contributed by atoms with Gasteiger partial charge in [-0.3, -0.25) is 14.5 Å². The van der Waals surface area contributed by atoms with E-state index in [2.05, 4.69) is 11.7 Å². The Kier molecular flexibility index (Phi) is 4.41. The zero-order chi connectivity index (χ0) is 10.6. The molecule has 0 radical (unpaired) electrons. The summed E-state index contributed by atoms with van der Waals surface area (Å²) in [7, 11) is 0. The van der Waals surface area contributed by atoms with Gasteiger partial charge in [-0.2, -0.15) is 11.8 Å². The number of carbonyl (C=O) groups is 2. The highest BCUT2D eigenvalue weighted by molar-refractivity contribution is 7.98. The molecule has 1 aliphatic rings. The number of rotatable bonds is 4. The second-order valence-electron chi connectivity index (χ2n) is 3.58. The van der Waals surface area contributed by atoms with Crippen LogP contribution in [0.2, 0.25) is 0 Å². The van der Waals surface area contributed by atoms with Crippen LogP contribution in [-0.2, 0) is 14.3 Å². The van der Waals surface area contributed by atoms with Gasteiger partial charge in [0.2, 0.25) is 0 Å². The summed E-state index contributed by atoms with van der Waals surface area (Å²) >= 11 is 1.77. The number of ether oxygens (including phenoxy) is 1. The molecule has 1 rings (SSSR count). The second kappa shape index (κ2) is 5.36. The first-order chi connectivity index (χ1) is 6.61. The number of cyclic esters (lactones) is 2. The lowest BCUT2D eigenvalue weighted by Gasteiger charge is -2.26. The van der Waals surface area contributed by atoms with Crippen molar-refractivity contribution in [3.05, 3.63) is 0 Å². The molecule has 0 bridgehead atoms. The quantitative estimate of drug-likeness (QED) is 0.503. The molecule has 1 unspecified atom stereocenters. The van der Waals surface area contributed by atoms with Crippen LogP contribution in [0.3, 0.4) is 0 Å². The molecule has 1 aliphatic heterocycles. The number of morpholine rings is 1. The van der Waals surface area contributed by atoms with Crippen LogP contribution in [0.15, 0.2) is 0 Å². The standard InChI is InChI=1S/C9H15NO3S/c1-7(6-14-2)3-10-4-8(11)13-9(12)5-10/h7H,3-6H2,1-2H3. The third-order valence-corrected chi connectivity index (χ3v) is 2.86. The molecule has 0 saturated carbocycles. The van der Waals surface area contributed by atoms with Crippen LogP contribution in [0, 0.1) is 5.92 Å². The lowest BCUT2D eigenvalue weighted by molar-refractivity contribution is -0.166. The molecular weight excluding hydrogens is 202 g/mol. The molecule has 1 heterocycles. The van der Waals surface area contributed by atoms with Gasteiger partial charge in [0.25, 0.3) is 0 Å². The van der Waals surface area contributed by atoms with Gasteiger partial charge >= 0.3 is 11.9 Å². The maximum absolute atomic E-state index is 10.9. The molecule has 1 saturated heterocycles. The van der Waals surface area contributed by atoms with Gasteiger partial charge in [0.1, 0.15) is 0 Å². The van der Waals surface area contributed by atoms with Crippen LogP contribution in [0.5, 0.6) is 0 Å². The number of hydrogen-bond donors (Lipinski definition) is 0. The summed E-state index contributed by atoms with van der Waals surface area (Å²) in [4.78, 5) is 23.7. The Balaban J connectivity index is 2.36. The Labute approximate surface area is 88.0 Å². The minimum absolute atomic E-state index is 0.241. The fourth-order valence-corrected chi connectivity index (χ4v) is 2.19. The average molecular weight is 217 g/mol. The first-order valence-electron chi connectivity index (χ1n) is 4.56. The van der Waals surface area contributed by atoms with E-state index in [1.807, 2.05) is 11.2 Å². The van der Waals surface area contributed by atoms with E-state index in [1.165, 1.54) is 0 Å². The van der Waals surface area contributed by atoms with Gasteiger partial charge < -0.3 is 4.74 Å². The topological polar surface area (TPSA) is 46.6 Å². The largest absolute Gasteiger partial charge is 0.391 e. The Morgan fingerprint density at radius 1 is 1.43 bits per heavy atom. The smallest absolute Gasteiger partial charge is 0.327 e. The van der Waals surface area contributed by atoms with Gasteiger partial charge in [0.05, 0.1) is 13.1 Å². The Morgan fingerprint density at radius 3 is 2.50 bits per heavy atom. The van der Waals surface area contributed by atoms with Crippen molar-refractivity contribution in [3.8, 4) is 0 Å². The summed E-state index contributed by atoms with van der Waals surface area (Å²) in [5.74, 6) is 0.665. The summed E-state index contributed by atoms with van der Waals surface area (Å²) in [5, 5.41) is 0. The van der Waals surface area contributed by atoms with Crippen LogP contribution in [0.1, 0.15) is 6.92 Å². The molecular formula is C9H15NO3S. The van der Waals surface area contributed by atoms with Gasteiger partial charge in [-0.15, -0.1) is 0 Å². The molecule has 0 N–H and O–H groups in total. The lowest BCUT2D eigenvalue weighted by atomic mass is 10.2. The first-order valence-corrected chi connectivity index (χ1v) is 5.96. The van der Waals surface area contributed by atoms with E-state index in [0.29, 0.717) is 5.92 Å². The van der Waals surface area contributed by atoms with Gasteiger partial charge in [0, 0.05) is 6.54 Å². The van der Waals surface area contributed by atoms with Crippen molar-refractivity contribution in [1.82, 2.24) is 4.90 Å². The average Bonchev–Trinajstić information content (AvgIpc) is 2.01. The van der Waals surface area contributed by atoms with Gasteiger partial charge in [-0.05, 0) is 17.9 Å². The Hall–Kier alpha value is -0.550. The summed E-state index contributed by atoms with van der Waals surface area (Å²) in [6.45, 7) is 3.37. The van der Waals surface area contributed by atoms with E-state index >= 15 is 0 Å². The van der Waals surface area contributed by atoms with E-state index in [-0.39, 0.29) is 13.1 Å². The highest BCUT2D eigenvalue weighted by Crippen LogP contribution is 2.09. The molecule has 5 heteroatoms. The van der Waals surface area contributed by atoms with Crippen LogP contribution >= 0.6 is 11.8 Å². The van der Waals surface area contributed by atoms with Crippen molar-refractivity contribution in [2.75, 3.05) is 31.6 Å². The SMILES string of the molecule is CSCC(C)CN1CC(=O)OC(=O)C1. The predicted octanol–water partition coefficient (Wildman–Crippen LogP) is 0.371. The molecule has 0 aliphatic carbocycles. The number of esters is 2. The van der Waals surface area contributed by atoms with Crippen molar-refractivity contribution >= 4 is 23.7 Å². The fourth-order valence-electron chi connectivity index (χ4n) is 1.52. The lowest BCUT2D eigenvalue weighted by Crippen LogP contribution is -2.44. The Bertz CT molecular complexity index is 216. The molecule has 0 spiro atoms. The van der Waals surface area contributed by atoms with Gasteiger partial charge in [-0.25, -0.2) is 0 Å². The van der Waals surface area contributed by atoms with Crippen LogP contribution < -0.4 is 0 Å². The summed E-state index contributed by atoms with van der Waals surface area (Å²) in [5.41, 5.74) is 0. The van der Waals surface area contributed by atoms with Crippen LogP contribution in [0.25, 0.3) is 0 Å². The molecule has 14 heavy (non-hydrogen) atoms. The first kappa shape index (κ1) is 11.5. The molecule has 1 fully saturated rings. The highest BCUT2D eigenvalue weighted by atomic mass is 32.2. The Morgan fingerprint density at radius 2 is 2.00 bits per heavy atom. The van der Waals surface area contributed by atoms with E-state index < -0.39 is 11.9 Å². The third kappa shape index (κ3) is 3.67. The van der Waals surface area contributed by atoms with Crippen LogP contribution in [0.4, 0.5) is 0 Å². The third-order valence-electron chi connectivity index (χ3n) is 1.95.